The average molecular weight is 281 g/mol. The number of benzene rings is 1. The largest absolute Gasteiger partial charge is 0.370 e. The summed E-state index contributed by atoms with van der Waals surface area (Å²) in [4.78, 5) is 13.5. The zero-order valence-electron chi connectivity index (χ0n) is 11.3. The smallest absolute Gasteiger partial charge is 0.159 e. The molecule has 1 aliphatic rings. The van der Waals surface area contributed by atoms with Gasteiger partial charge in [-0.25, -0.2) is 8.42 Å². The van der Waals surface area contributed by atoms with Crippen LogP contribution in [0.2, 0.25) is 0 Å². The Morgan fingerprint density at radius 1 is 1.37 bits per heavy atom. The molecule has 1 aromatic rings. The van der Waals surface area contributed by atoms with Gasteiger partial charge in [0.2, 0.25) is 0 Å². The Kier molecular flexibility index (Phi) is 3.94. The van der Waals surface area contributed by atoms with E-state index in [0.717, 1.165) is 36.2 Å². The maximum atomic E-state index is 11.4. The summed E-state index contributed by atoms with van der Waals surface area (Å²) in [5.41, 5.74) is 2.94. The Morgan fingerprint density at radius 3 is 2.74 bits per heavy atom. The summed E-state index contributed by atoms with van der Waals surface area (Å²) in [6.07, 6.45) is 3.21. The van der Waals surface area contributed by atoms with Crippen molar-refractivity contribution in [2.45, 2.75) is 19.8 Å². The number of nitrogens with zero attached hydrogens (tertiary/aromatic N) is 1. The van der Waals surface area contributed by atoms with E-state index in [-0.39, 0.29) is 11.5 Å². The van der Waals surface area contributed by atoms with Crippen molar-refractivity contribution >= 4 is 21.3 Å². The van der Waals surface area contributed by atoms with Crippen LogP contribution < -0.4 is 4.90 Å². The van der Waals surface area contributed by atoms with E-state index >= 15 is 0 Å². The lowest BCUT2D eigenvalue weighted by Crippen LogP contribution is -2.33. The standard InChI is InChI=1S/C14H19NO3S/c1-11(16)12-5-6-14-13(10-12)4-3-7-15(14)8-9-19(2,17)18/h5-6,10H,3-4,7-9H2,1-2H3. The summed E-state index contributed by atoms with van der Waals surface area (Å²) in [6, 6.07) is 5.69. The van der Waals surface area contributed by atoms with E-state index < -0.39 is 9.84 Å². The number of sulfone groups is 1. The summed E-state index contributed by atoms with van der Waals surface area (Å²) >= 11 is 0. The van der Waals surface area contributed by atoms with Gasteiger partial charge in [0.05, 0.1) is 5.75 Å². The predicted molar refractivity (Wildman–Crippen MR) is 76.7 cm³/mol. The van der Waals surface area contributed by atoms with E-state index in [0.29, 0.717) is 6.54 Å². The first kappa shape index (κ1) is 14.1. The van der Waals surface area contributed by atoms with Gasteiger partial charge in [0, 0.05) is 30.6 Å². The normalized spacial score (nSPS) is 15.2. The molecule has 0 bridgehead atoms. The van der Waals surface area contributed by atoms with Crippen molar-refractivity contribution in [2.24, 2.45) is 0 Å². The van der Waals surface area contributed by atoms with Crippen molar-refractivity contribution < 1.29 is 13.2 Å². The first-order valence-corrected chi connectivity index (χ1v) is 8.49. The molecule has 1 heterocycles. The van der Waals surface area contributed by atoms with Crippen molar-refractivity contribution in [3.63, 3.8) is 0 Å². The Bertz CT molecular complexity index is 593. The summed E-state index contributed by atoms with van der Waals surface area (Å²) < 4.78 is 22.5. The number of carbonyl (C=O) groups excluding carboxylic acids is 1. The highest BCUT2D eigenvalue weighted by Crippen LogP contribution is 2.28. The second-order valence-corrected chi connectivity index (χ2v) is 7.38. The molecule has 1 aliphatic heterocycles. The van der Waals surface area contributed by atoms with Crippen LogP contribution in [0.4, 0.5) is 5.69 Å². The van der Waals surface area contributed by atoms with Crippen LogP contribution in [-0.2, 0) is 16.3 Å². The van der Waals surface area contributed by atoms with Crippen LogP contribution in [0, 0.1) is 0 Å². The summed E-state index contributed by atoms with van der Waals surface area (Å²) in [7, 11) is -2.94. The minimum Gasteiger partial charge on any atom is -0.370 e. The van der Waals surface area contributed by atoms with Crippen LogP contribution in [0.15, 0.2) is 18.2 Å². The van der Waals surface area contributed by atoms with Crippen molar-refractivity contribution in [3.05, 3.63) is 29.3 Å². The van der Waals surface area contributed by atoms with E-state index in [9.17, 15) is 13.2 Å². The maximum Gasteiger partial charge on any atom is 0.159 e. The van der Waals surface area contributed by atoms with Crippen LogP contribution in [0.3, 0.4) is 0 Å². The van der Waals surface area contributed by atoms with Gasteiger partial charge in [-0.05, 0) is 43.5 Å². The zero-order valence-corrected chi connectivity index (χ0v) is 12.2. The molecular formula is C14H19NO3S. The minimum atomic E-state index is -2.94. The van der Waals surface area contributed by atoms with Gasteiger partial charge in [0.15, 0.2) is 5.78 Å². The summed E-state index contributed by atoms with van der Waals surface area (Å²) in [5, 5.41) is 0. The Morgan fingerprint density at radius 2 is 2.11 bits per heavy atom. The predicted octanol–water partition coefficient (Wildman–Crippen LogP) is 1.69. The van der Waals surface area contributed by atoms with Gasteiger partial charge >= 0.3 is 0 Å². The Hall–Kier alpha value is -1.36. The van der Waals surface area contributed by atoms with Gasteiger partial charge in [-0.2, -0.15) is 0 Å². The molecule has 0 saturated carbocycles. The monoisotopic (exact) mass is 281 g/mol. The van der Waals surface area contributed by atoms with Gasteiger partial charge in [-0.3, -0.25) is 4.79 Å². The number of ketones is 1. The fourth-order valence-electron chi connectivity index (χ4n) is 2.40. The van der Waals surface area contributed by atoms with E-state index in [1.165, 1.54) is 6.26 Å². The topological polar surface area (TPSA) is 54.5 Å². The minimum absolute atomic E-state index is 0.0658. The molecule has 4 nitrogen and oxygen atoms in total. The molecule has 0 aliphatic carbocycles. The molecule has 0 aromatic heterocycles. The highest BCUT2D eigenvalue weighted by atomic mass is 32.2. The number of hydrogen-bond acceptors (Lipinski definition) is 4. The lowest BCUT2D eigenvalue weighted by Gasteiger charge is -2.31. The number of anilines is 1. The number of hydrogen-bond donors (Lipinski definition) is 0. The molecule has 1 aromatic carbocycles. The lowest BCUT2D eigenvalue weighted by atomic mass is 9.98. The molecule has 0 saturated heterocycles. The van der Waals surface area contributed by atoms with Crippen LogP contribution >= 0.6 is 0 Å². The highest BCUT2D eigenvalue weighted by Gasteiger charge is 2.18. The molecule has 104 valence electrons. The molecule has 0 spiro atoms. The lowest BCUT2D eigenvalue weighted by molar-refractivity contribution is 0.101. The van der Waals surface area contributed by atoms with Crippen LogP contribution in [-0.4, -0.2) is 39.3 Å². The number of aryl methyl sites for hydroxylation is 1. The molecule has 0 N–H and O–H groups in total. The fourth-order valence-corrected chi connectivity index (χ4v) is 2.95. The highest BCUT2D eigenvalue weighted by molar-refractivity contribution is 7.90. The quantitative estimate of drug-likeness (QED) is 0.788. The van der Waals surface area contributed by atoms with Crippen molar-refractivity contribution in [3.8, 4) is 0 Å². The van der Waals surface area contributed by atoms with Crippen molar-refractivity contribution in [2.75, 3.05) is 30.0 Å². The number of fused-ring (bicyclic) bond motifs is 1. The van der Waals surface area contributed by atoms with Gasteiger partial charge in [-0.15, -0.1) is 0 Å². The third-order valence-electron chi connectivity index (χ3n) is 3.43. The van der Waals surface area contributed by atoms with E-state index in [4.69, 9.17) is 0 Å². The average Bonchev–Trinajstić information content (AvgIpc) is 2.34. The number of Topliss-reactive ketones (excluding diaryl/α,β-unsaturated/α-hetero) is 1. The van der Waals surface area contributed by atoms with Crippen LogP contribution in [0.25, 0.3) is 0 Å². The van der Waals surface area contributed by atoms with Crippen molar-refractivity contribution in [1.82, 2.24) is 0 Å². The molecule has 0 atom stereocenters. The third-order valence-corrected chi connectivity index (χ3v) is 4.36. The first-order chi connectivity index (χ1) is 8.87. The SMILES string of the molecule is CC(=O)c1ccc2c(c1)CCCN2CCS(C)(=O)=O. The van der Waals surface area contributed by atoms with Gasteiger partial charge in [0.25, 0.3) is 0 Å². The number of carbonyl (C=O) groups is 1. The van der Waals surface area contributed by atoms with Gasteiger partial charge < -0.3 is 4.90 Å². The number of rotatable bonds is 4. The second-order valence-electron chi connectivity index (χ2n) is 5.12. The molecule has 19 heavy (non-hydrogen) atoms. The molecule has 0 radical (unpaired) electrons. The summed E-state index contributed by atoms with van der Waals surface area (Å²) in [5.74, 6) is 0.233. The third kappa shape index (κ3) is 3.56. The van der Waals surface area contributed by atoms with Gasteiger partial charge in [-0.1, -0.05) is 0 Å². The van der Waals surface area contributed by atoms with Crippen LogP contribution in [0.1, 0.15) is 29.3 Å². The molecular weight excluding hydrogens is 262 g/mol. The van der Waals surface area contributed by atoms with Gasteiger partial charge in [0.1, 0.15) is 9.84 Å². The van der Waals surface area contributed by atoms with E-state index in [2.05, 4.69) is 4.90 Å². The van der Waals surface area contributed by atoms with E-state index in [1.807, 2.05) is 18.2 Å². The molecule has 2 rings (SSSR count). The molecule has 5 heteroatoms. The zero-order chi connectivity index (χ0) is 14.0. The second kappa shape index (κ2) is 5.33. The molecule has 0 amide bonds. The van der Waals surface area contributed by atoms with Crippen LogP contribution in [0.5, 0.6) is 0 Å². The maximum absolute atomic E-state index is 11.4. The Balaban J connectivity index is 2.22. The summed E-state index contributed by atoms with van der Waals surface area (Å²) in [6.45, 7) is 2.96. The first-order valence-electron chi connectivity index (χ1n) is 6.43. The van der Waals surface area contributed by atoms with E-state index in [1.54, 1.807) is 6.92 Å². The molecule has 0 fully saturated rings. The molecule has 0 unspecified atom stereocenters. The van der Waals surface area contributed by atoms with Crippen molar-refractivity contribution in [1.29, 1.82) is 0 Å². The fraction of sp³-hybridized carbons (Fsp3) is 0.500. The Labute approximate surface area is 114 Å².